The average molecular weight is 446 g/mol. The third-order valence-electron chi connectivity index (χ3n) is 3.57. The molecule has 0 amide bonds. The number of anilines is 2. The van der Waals surface area contributed by atoms with E-state index in [1.807, 2.05) is 0 Å². The van der Waals surface area contributed by atoms with E-state index in [4.69, 9.17) is 35.4 Å². The molecule has 0 atom stereocenters. The summed E-state index contributed by atoms with van der Waals surface area (Å²) in [5.41, 5.74) is -0.134. The van der Waals surface area contributed by atoms with Gasteiger partial charge in [0.05, 0.1) is 27.8 Å². The van der Waals surface area contributed by atoms with Gasteiger partial charge in [-0.25, -0.2) is 9.67 Å². The minimum Gasteiger partial charge on any atom is -0.332 e. The summed E-state index contributed by atoms with van der Waals surface area (Å²) in [4.78, 5) is 4.04. The van der Waals surface area contributed by atoms with Gasteiger partial charge in [-0.2, -0.15) is 13.2 Å². The highest BCUT2D eigenvalue weighted by atomic mass is 35.5. The van der Waals surface area contributed by atoms with Crippen LogP contribution >= 0.6 is 35.4 Å². The smallest absolute Gasteiger partial charge is 0.332 e. The van der Waals surface area contributed by atoms with Gasteiger partial charge in [-0.05, 0) is 42.0 Å². The second kappa shape index (κ2) is 8.34. The second-order valence-electron chi connectivity index (χ2n) is 5.64. The molecule has 11 heteroatoms. The zero-order valence-electron chi connectivity index (χ0n) is 14.0. The zero-order chi connectivity index (χ0) is 20.3. The Hall–Kier alpha value is -2.36. The molecule has 1 heterocycles. The Morgan fingerprint density at radius 2 is 1.82 bits per heavy atom. The van der Waals surface area contributed by atoms with Crippen LogP contribution in [0.3, 0.4) is 0 Å². The Balaban J connectivity index is 1.65. The first-order chi connectivity index (χ1) is 13.2. The number of nitrogens with one attached hydrogen (secondary N) is 2. The van der Waals surface area contributed by atoms with Gasteiger partial charge in [-0.3, -0.25) is 5.32 Å². The van der Waals surface area contributed by atoms with E-state index in [9.17, 15) is 13.2 Å². The number of benzene rings is 2. The van der Waals surface area contributed by atoms with Crippen LogP contribution in [-0.4, -0.2) is 19.9 Å². The molecule has 0 bridgehead atoms. The molecule has 0 radical (unpaired) electrons. The number of rotatable bonds is 4. The lowest BCUT2D eigenvalue weighted by atomic mass is 10.2. The standard InChI is InChI=1S/C17H12Cl2F3N5S/c18-12-6-5-10(7-13(12)19)8-27-9-23-15(26-27)25-16(28)24-14-4-2-1-3-11(14)17(20,21)22/h1-7,9H,8H2,(H2,24,25,26,28). The van der Waals surface area contributed by atoms with Crippen molar-refractivity contribution in [3.8, 4) is 0 Å². The van der Waals surface area contributed by atoms with Crippen LogP contribution in [0, 0.1) is 0 Å². The fourth-order valence-corrected chi connectivity index (χ4v) is 2.87. The van der Waals surface area contributed by atoms with Crippen molar-refractivity contribution in [1.82, 2.24) is 14.8 Å². The Morgan fingerprint density at radius 3 is 2.54 bits per heavy atom. The minimum absolute atomic E-state index is 0.0658. The van der Waals surface area contributed by atoms with Crippen LogP contribution in [0.15, 0.2) is 48.8 Å². The summed E-state index contributed by atoms with van der Waals surface area (Å²) in [5.74, 6) is 0.141. The van der Waals surface area contributed by atoms with Gasteiger partial charge < -0.3 is 5.32 Å². The van der Waals surface area contributed by atoms with E-state index >= 15 is 0 Å². The van der Waals surface area contributed by atoms with Gasteiger partial charge in [0.1, 0.15) is 6.33 Å². The summed E-state index contributed by atoms with van der Waals surface area (Å²) in [6.07, 6.45) is -3.05. The quantitative estimate of drug-likeness (QED) is 0.522. The van der Waals surface area contributed by atoms with E-state index in [1.54, 1.807) is 18.2 Å². The Morgan fingerprint density at radius 1 is 1.07 bits per heavy atom. The number of thiocarbonyl (C=S) groups is 1. The van der Waals surface area contributed by atoms with Crippen molar-refractivity contribution in [3.05, 3.63) is 70.0 Å². The Bertz CT molecular complexity index is 1010. The van der Waals surface area contributed by atoms with Gasteiger partial charge in [0.2, 0.25) is 5.95 Å². The molecule has 0 fully saturated rings. The van der Waals surface area contributed by atoms with Gasteiger partial charge >= 0.3 is 6.18 Å². The van der Waals surface area contributed by atoms with Gasteiger partial charge in [0, 0.05) is 0 Å². The third-order valence-corrected chi connectivity index (χ3v) is 4.51. The van der Waals surface area contributed by atoms with E-state index in [2.05, 4.69) is 20.7 Å². The Labute approximate surface area is 173 Å². The maximum absolute atomic E-state index is 13.0. The molecule has 28 heavy (non-hydrogen) atoms. The Kier molecular flexibility index (Phi) is 6.07. The van der Waals surface area contributed by atoms with Crippen LogP contribution in [0.1, 0.15) is 11.1 Å². The topological polar surface area (TPSA) is 54.8 Å². The monoisotopic (exact) mass is 445 g/mol. The number of para-hydroxylation sites is 1. The first-order valence-corrected chi connectivity index (χ1v) is 8.96. The summed E-state index contributed by atoms with van der Waals surface area (Å²) in [6.45, 7) is 0.378. The lowest BCUT2D eigenvalue weighted by Crippen LogP contribution is -2.22. The van der Waals surface area contributed by atoms with Gasteiger partial charge in [0.25, 0.3) is 0 Å². The number of hydrogen-bond donors (Lipinski definition) is 2. The molecule has 0 saturated carbocycles. The first-order valence-electron chi connectivity index (χ1n) is 7.80. The minimum atomic E-state index is -4.50. The van der Waals surface area contributed by atoms with Crippen LogP contribution in [0.25, 0.3) is 0 Å². The molecular weight excluding hydrogens is 434 g/mol. The van der Waals surface area contributed by atoms with E-state index in [0.717, 1.165) is 11.6 Å². The predicted octanol–water partition coefficient (Wildman–Crippen LogP) is 5.46. The molecule has 0 aliphatic heterocycles. The van der Waals surface area contributed by atoms with Crippen molar-refractivity contribution < 1.29 is 13.2 Å². The lowest BCUT2D eigenvalue weighted by molar-refractivity contribution is -0.136. The highest BCUT2D eigenvalue weighted by Gasteiger charge is 2.33. The van der Waals surface area contributed by atoms with Gasteiger partial charge in [0.15, 0.2) is 5.11 Å². The summed E-state index contributed by atoms with van der Waals surface area (Å²) in [7, 11) is 0. The summed E-state index contributed by atoms with van der Waals surface area (Å²) in [6, 6.07) is 10.2. The zero-order valence-corrected chi connectivity index (χ0v) is 16.3. The molecule has 0 aliphatic rings. The lowest BCUT2D eigenvalue weighted by Gasteiger charge is -2.14. The highest BCUT2D eigenvalue weighted by Crippen LogP contribution is 2.34. The third kappa shape index (κ3) is 5.12. The van der Waals surface area contributed by atoms with Crippen LogP contribution in [0.5, 0.6) is 0 Å². The molecule has 0 aliphatic carbocycles. The normalized spacial score (nSPS) is 11.3. The fourth-order valence-electron chi connectivity index (χ4n) is 2.35. The number of alkyl halides is 3. The van der Waals surface area contributed by atoms with E-state index in [-0.39, 0.29) is 16.7 Å². The second-order valence-corrected chi connectivity index (χ2v) is 6.86. The molecule has 0 unspecified atom stereocenters. The van der Waals surface area contributed by atoms with Crippen molar-refractivity contribution in [3.63, 3.8) is 0 Å². The predicted molar refractivity (Wildman–Crippen MR) is 107 cm³/mol. The fraction of sp³-hybridized carbons (Fsp3) is 0.118. The maximum Gasteiger partial charge on any atom is 0.418 e. The number of hydrogen-bond acceptors (Lipinski definition) is 3. The molecule has 5 nitrogen and oxygen atoms in total. The maximum atomic E-state index is 13.0. The van der Waals surface area contributed by atoms with Gasteiger partial charge in [-0.1, -0.05) is 41.4 Å². The molecule has 0 spiro atoms. The molecule has 1 aromatic heterocycles. The first kappa shape index (κ1) is 20.4. The van der Waals surface area contributed by atoms with Gasteiger partial charge in [-0.15, -0.1) is 5.10 Å². The molecule has 3 rings (SSSR count). The number of halogens is 5. The van der Waals surface area contributed by atoms with Crippen molar-refractivity contribution in [2.45, 2.75) is 12.7 Å². The van der Waals surface area contributed by atoms with E-state index in [0.29, 0.717) is 16.6 Å². The van der Waals surface area contributed by atoms with Crippen LogP contribution in [0.2, 0.25) is 10.0 Å². The van der Waals surface area contributed by atoms with Crippen molar-refractivity contribution in [2.24, 2.45) is 0 Å². The van der Waals surface area contributed by atoms with Crippen molar-refractivity contribution in [2.75, 3.05) is 10.6 Å². The molecule has 146 valence electrons. The molecule has 0 saturated heterocycles. The van der Waals surface area contributed by atoms with Crippen LogP contribution in [-0.2, 0) is 12.7 Å². The number of aromatic nitrogens is 3. The summed E-state index contributed by atoms with van der Waals surface area (Å²) >= 11 is 16.9. The van der Waals surface area contributed by atoms with Crippen LogP contribution < -0.4 is 10.6 Å². The van der Waals surface area contributed by atoms with Crippen molar-refractivity contribution in [1.29, 1.82) is 0 Å². The SMILES string of the molecule is FC(F)(F)c1ccccc1NC(=S)Nc1ncn(Cc2ccc(Cl)c(Cl)c2)n1. The van der Waals surface area contributed by atoms with Crippen molar-refractivity contribution >= 4 is 52.2 Å². The average Bonchev–Trinajstić information content (AvgIpc) is 3.04. The highest BCUT2D eigenvalue weighted by molar-refractivity contribution is 7.80. The molecular formula is C17H12Cl2F3N5S. The van der Waals surface area contributed by atoms with E-state index in [1.165, 1.54) is 29.2 Å². The summed E-state index contributed by atoms with van der Waals surface area (Å²) < 4.78 is 40.6. The molecule has 2 N–H and O–H groups in total. The molecule has 3 aromatic rings. The molecule has 2 aromatic carbocycles. The van der Waals surface area contributed by atoms with Crippen LogP contribution in [0.4, 0.5) is 24.8 Å². The summed E-state index contributed by atoms with van der Waals surface area (Å²) in [5, 5.41) is 10.2. The van der Waals surface area contributed by atoms with E-state index < -0.39 is 11.7 Å². The number of nitrogens with zero attached hydrogens (tertiary/aromatic N) is 3. The largest absolute Gasteiger partial charge is 0.418 e.